The van der Waals surface area contributed by atoms with Gasteiger partial charge in [0.2, 0.25) is 0 Å². The second-order valence-corrected chi connectivity index (χ2v) is 17.1. The van der Waals surface area contributed by atoms with Crippen LogP contribution in [0, 0.1) is 0 Å². The van der Waals surface area contributed by atoms with Crippen molar-refractivity contribution in [3.8, 4) is 0 Å². The maximum atomic E-state index is 12.8. The number of rotatable bonds is 46. The van der Waals surface area contributed by atoms with Gasteiger partial charge in [0, 0.05) is 19.3 Å². The zero-order valence-electron chi connectivity index (χ0n) is 41.5. The highest BCUT2D eigenvalue weighted by molar-refractivity contribution is 5.71. The molecule has 0 saturated heterocycles. The Labute approximate surface area is 394 Å². The molecule has 0 rings (SSSR count). The molecule has 0 radical (unpaired) electrons. The first-order chi connectivity index (χ1) is 31.5. The summed E-state index contributed by atoms with van der Waals surface area (Å²) in [6, 6.07) is 0. The van der Waals surface area contributed by atoms with E-state index in [2.05, 4.69) is 118 Å². The van der Waals surface area contributed by atoms with Crippen molar-refractivity contribution < 1.29 is 28.6 Å². The van der Waals surface area contributed by atoms with Gasteiger partial charge in [0.15, 0.2) is 6.10 Å². The van der Waals surface area contributed by atoms with Crippen LogP contribution in [0.5, 0.6) is 0 Å². The topological polar surface area (TPSA) is 78.9 Å². The second-order valence-electron chi connectivity index (χ2n) is 17.1. The number of ether oxygens (including phenoxy) is 3. The summed E-state index contributed by atoms with van der Waals surface area (Å²) in [5.41, 5.74) is 0. The van der Waals surface area contributed by atoms with Crippen LogP contribution in [0.4, 0.5) is 0 Å². The first-order valence-corrected chi connectivity index (χ1v) is 26.3. The molecule has 364 valence electrons. The summed E-state index contributed by atoms with van der Waals surface area (Å²) in [4.78, 5) is 38.0. The molecule has 0 aromatic carbocycles. The molecule has 0 saturated carbocycles. The van der Waals surface area contributed by atoms with E-state index in [9.17, 15) is 14.4 Å². The van der Waals surface area contributed by atoms with Crippen LogP contribution in [0.1, 0.15) is 233 Å². The predicted octanol–water partition coefficient (Wildman–Crippen LogP) is 17.4. The van der Waals surface area contributed by atoms with Gasteiger partial charge in [-0.15, -0.1) is 0 Å². The van der Waals surface area contributed by atoms with Crippen molar-refractivity contribution in [1.29, 1.82) is 0 Å². The predicted molar refractivity (Wildman–Crippen MR) is 274 cm³/mol. The lowest BCUT2D eigenvalue weighted by Gasteiger charge is -2.18. The Kier molecular flexibility index (Phi) is 49.0. The molecule has 0 N–H and O–H groups in total. The lowest BCUT2D eigenvalue weighted by atomic mass is 10.1. The summed E-state index contributed by atoms with van der Waals surface area (Å²) in [7, 11) is 0. The van der Waals surface area contributed by atoms with E-state index in [1.54, 1.807) is 0 Å². The highest BCUT2D eigenvalue weighted by atomic mass is 16.6. The Morgan fingerprint density at radius 2 is 0.688 bits per heavy atom. The fraction of sp³-hybridized carbons (Fsp3) is 0.672. The number of carbonyl (C=O) groups excluding carboxylic acids is 3. The standard InChI is InChI=1S/C58H96O6/c1-4-7-10-13-16-19-22-24-26-28-30-31-33-36-39-42-45-48-51-57(60)63-54-55(53-62-56(59)50-47-44-41-38-35-21-18-15-12-9-6-3)64-58(61)52-49-46-43-40-37-34-32-29-27-25-23-20-17-14-11-8-5-2/h9,12,17-18,20-22,24-28,30-31,38,41,55H,4-8,10-11,13-16,19,23,29,32-37,39-40,42-54H2,1-3H3/b12-9-,20-17-,21-18-,24-22-,27-25-,28-26-,31-30-,41-38-. The van der Waals surface area contributed by atoms with Gasteiger partial charge in [0.25, 0.3) is 0 Å². The SMILES string of the molecule is CC/C=C\C/C=C\C/C=C\CCCC(=O)OCC(COC(=O)CCCCCCC\C=C/C=C\C=C/CCCCCCC)OC(=O)CCCCCCCCC/C=C\C/C=C\CCCCC. The van der Waals surface area contributed by atoms with Crippen molar-refractivity contribution in [3.05, 3.63) is 97.2 Å². The molecule has 0 heterocycles. The van der Waals surface area contributed by atoms with Crippen molar-refractivity contribution in [2.45, 2.75) is 239 Å². The molecule has 0 spiro atoms. The van der Waals surface area contributed by atoms with Crippen LogP contribution >= 0.6 is 0 Å². The molecule has 0 aliphatic rings. The smallest absolute Gasteiger partial charge is 0.306 e. The van der Waals surface area contributed by atoms with Crippen LogP contribution in [0.3, 0.4) is 0 Å². The number of hydrogen-bond acceptors (Lipinski definition) is 6. The molecule has 64 heavy (non-hydrogen) atoms. The van der Waals surface area contributed by atoms with Crippen molar-refractivity contribution >= 4 is 17.9 Å². The maximum absolute atomic E-state index is 12.8. The minimum Gasteiger partial charge on any atom is -0.462 e. The van der Waals surface area contributed by atoms with E-state index in [0.29, 0.717) is 19.3 Å². The molecule has 1 atom stereocenters. The monoisotopic (exact) mass is 889 g/mol. The quantitative estimate of drug-likeness (QED) is 0.0199. The summed E-state index contributed by atoms with van der Waals surface area (Å²) >= 11 is 0. The molecule has 6 heteroatoms. The highest BCUT2D eigenvalue weighted by Gasteiger charge is 2.19. The van der Waals surface area contributed by atoms with Gasteiger partial charge in [-0.1, -0.05) is 208 Å². The Bertz CT molecular complexity index is 1300. The molecule has 6 nitrogen and oxygen atoms in total. The minimum absolute atomic E-state index is 0.108. The van der Waals surface area contributed by atoms with Gasteiger partial charge in [-0.3, -0.25) is 14.4 Å². The van der Waals surface area contributed by atoms with E-state index < -0.39 is 6.10 Å². The molecule has 0 fully saturated rings. The number of unbranched alkanes of at least 4 members (excludes halogenated alkanes) is 21. The molecular weight excluding hydrogens is 793 g/mol. The highest BCUT2D eigenvalue weighted by Crippen LogP contribution is 2.13. The van der Waals surface area contributed by atoms with Gasteiger partial charge in [-0.25, -0.2) is 0 Å². The van der Waals surface area contributed by atoms with E-state index in [-0.39, 0.29) is 37.5 Å². The first kappa shape index (κ1) is 60.3. The number of esters is 3. The van der Waals surface area contributed by atoms with E-state index in [4.69, 9.17) is 14.2 Å². The van der Waals surface area contributed by atoms with Crippen LogP contribution in [-0.4, -0.2) is 37.2 Å². The number of hydrogen-bond donors (Lipinski definition) is 0. The summed E-state index contributed by atoms with van der Waals surface area (Å²) in [5.74, 6) is -0.993. The van der Waals surface area contributed by atoms with E-state index in [0.717, 1.165) is 103 Å². The Balaban J connectivity index is 4.47. The first-order valence-electron chi connectivity index (χ1n) is 26.3. The van der Waals surface area contributed by atoms with Crippen LogP contribution in [-0.2, 0) is 28.6 Å². The third-order valence-corrected chi connectivity index (χ3v) is 10.9. The molecule has 0 aromatic heterocycles. The third-order valence-electron chi connectivity index (χ3n) is 10.9. The van der Waals surface area contributed by atoms with Crippen LogP contribution in [0.15, 0.2) is 97.2 Å². The van der Waals surface area contributed by atoms with Crippen molar-refractivity contribution in [2.75, 3.05) is 13.2 Å². The lowest BCUT2D eigenvalue weighted by Crippen LogP contribution is -2.30. The fourth-order valence-corrected chi connectivity index (χ4v) is 6.91. The molecule has 0 aliphatic carbocycles. The van der Waals surface area contributed by atoms with Crippen molar-refractivity contribution in [3.63, 3.8) is 0 Å². The lowest BCUT2D eigenvalue weighted by molar-refractivity contribution is -0.167. The molecule has 0 aliphatic heterocycles. The molecule has 0 bridgehead atoms. The maximum Gasteiger partial charge on any atom is 0.306 e. The zero-order chi connectivity index (χ0) is 46.5. The largest absolute Gasteiger partial charge is 0.462 e. The molecular formula is C58H96O6. The second kappa shape index (κ2) is 52.0. The minimum atomic E-state index is -0.811. The number of carbonyl (C=O) groups is 3. The van der Waals surface area contributed by atoms with Crippen LogP contribution in [0.25, 0.3) is 0 Å². The summed E-state index contributed by atoms with van der Waals surface area (Å²) < 4.78 is 16.7. The molecule has 1 unspecified atom stereocenters. The fourth-order valence-electron chi connectivity index (χ4n) is 6.91. The van der Waals surface area contributed by atoms with Crippen molar-refractivity contribution in [2.24, 2.45) is 0 Å². The van der Waals surface area contributed by atoms with Gasteiger partial charge in [-0.05, 0) is 103 Å². The Hall–Kier alpha value is -3.67. The average Bonchev–Trinajstić information content (AvgIpc) is 3.29. The van der Waals surface area contributed by atoms with E-state index in [1.165, 1.54) is 83.5 Å². The Morgan fingerprint density at radius 1 is 0.344 bits per heavy atom. The van der Waals surface area contributed by atoms with Gasteiger partial charge >= 0.3 is 17.9 Å². The normalized spacial score (nSPS) is 12.9. The third kappa shape index (κ3) is 49.3. The molecule has 0 amide bonds. The van der Waals surface area contributed by atoms with Gasteiger partial charge in [-0.2, -0.15) is 0 Å². The van der Waals surface area contributed by atoms with Gasteiger partial charge < -0.3 is 14.2 Å². The summed E-state index contributed by atoms with van der Waals surface area (Å²) in [6.45, 7) is 6.40. The zero-order valence-corrected chi connectivity index (χ0v) is 41.5. The van der Waals surface area contributed by atoms with Gasteiger partial charge in [0.05, 0.1) is 0 Å². The number of allylic oxidation sites excluding steroid dienone is 16. The summed E-state index contributed by atoms with van der Waals surface area (Å²) in [5, 5.41) is 0. The van der Waals surface area contributed by atoms with Crippen LogP contribution in [0.2, 0.25) is 0 Å². The Morgan fingerprint density at radius 3 is 1.17 bits per heavy atom. The average molecular weight is 889 g/mol. The molecule has 0 aromatic rings. The van der Waals surface area contributed by atoms with Crippen molar-refractivity contribution in [1.82, 2.24) is 0 Å². The summed E-state index contributed by atoms with van der Waals surface area (Å²) in [6.07, 6.45) is 68.3. The van der Waals surface area contributed by atoms with Crippen LogP contribution < -0.4 is 0 Å². The van der Waals surface area contributed by atoms with Gasteiger partial charge in [0.1, 0.15) is 13.2 Å². The van der Waals surface area contributed by atoms with E-state index >= 15 is 0 Å². The van der Waals surface area contributed by atoms with E-state index in [1.807, 2.05) is 0 Å².